The molecule has 1 atom stereocenters. The summed E-state index contributed by atoms with van der Waals surface area (Å²) in [7, 11) is 0. The molecule has 7 nitrogen and oxygen atoms in total. The average molecular weight is 292 g/mol. The number of hydrogen-bond acceptors (Lipinski definition) is 5. The molecule has 0 unspecified atom stereocenters. The van der Waals surface area contributed by atoms with Crippen LogP contribution in [0, 0.1) is 10.1 Å². The fourth-order valence-corrected chi connectivity index (χ4v) is 2.46. The number of non-ortho nitro benzene ring substituents is 1. The van der Waals surface area contributed by atoms with Crippen LogP contribution < -0.4 is 0 Å². The second-order valence-electron chi connectivity index (χ2n) is 4.83. The predicted octanol–water partition coefficient (Wildman–Crippen LogP) is 1.43. The van der Waals surface area contributed by atoms with Crippen molar-refractivity contribution >= 4 is 17.6 Å². The number of carbonyl (C=O) groups is 2. The molecule has 21 heavy (non-hydrogen) atoms. The highest BCUT2D eigenvalue weighted by Crippen LogP contribution is 2.27. The zero-order valence-electron chi connectivity index (χ0n) is 11.9. The monoisotopic (exact) mass is 292 g/mol. The number of esters is 1. The maximum atomic E-state index is 12.0. The van der Waals surface area contributed by atoms with E-state index in [1.165, 1.54) is 24.0 Å². The first-order valence-electron chi connectivity index (χ1n) is 6.64. The first kappa shape index (κ1) is 15.0. The van der Waals surface area contributed by atoms with E-state index in [2.05, 4.69) is 0 Å². The minimum atomic E-state index is -0.670. The molecular weight excluding hydrogens is 276 g/mol. The highest BCUT2D eigenvalue weighted by molar-refractivity contribution is 5.84. The van der Waals surface area contributed by atoms with Gasteiger partial charge in [0.2, 0.25) is 5.91 Å². The van der Waals surface area contributed by atoms with E-state index in [0.29, 0.717) is 12.0 Å². The number of hydrogen-bond donors (Lipinski definition) is 0. The fourth-order valence-electron chi connectivity index (χ4n) is 2.46. The van der Waals surface area contributed by atoms with Crippen LogP contribution in [0.2, 0.25) is 0 Å². The van der Waals surface area contributed by atoms with Crippen molar-refractivity contribution < 1.29 is 19.2 Å². The van der Waals surface area contributed by atoms with Crippen molar-refractivity contribution in [1.82, 2.24) is 4.90 Å². The molecule has 0 N–H and O–H groups in total. The number of nitrogens with zero attached hydrogens (tertiary/aromatic N) is 2. The van der Waals surface area contributed by atoms with Gasteiger partial charge in [-0.1, -0.05) is 6.07 Å². The van der Waals surface area contributed by atoms with Gasteiger partial charge < -0.3 is 9.64 Å². The van der Waals surface area contributed by atoms with Crippen molar-refractivity contribution in [3.8, 4) is 0 Å². The topological polar surface area (TPSA) is 89.8 Å². The van der Waals surface area contributed by atoms with Crippen LogP contribution in [0.25, 0.3) is 0 Å². The molecule has 0 saturated carbocycles. The Balaban J connectivity index is 2.35. The summed E-state index contributed by atoms with van der Waals surface area (Å²) in [5.41, 5.74) is 1.50. The van der Waals surface area contributed by atoms with Crippen LogP contribution in [-0.4, -0.2) is 34.3 Å². The molecule has 0 bridgehead atoms. The van der Waals surface area contributed by atoms with E-state index in [1.807, 2.05) is 0 Å². The lowest BCUT2D eigenvalue weighted by Gasteiger charge is -2.34. The Kier molecular flexibility index (Phi) is 4.21. The van der Waals surface area contributed by atoms with Crippen molar-refractivity contribution in [1.29, 1.82) is 0 Å². The summed E-state index contributed by atoms with van der Waals surface area (Å²) in [5, 5.41) is 10.8. The van der Waals surface area contributed by atoms with Crippen LogP contribution in [-0.2, 0) is 27.3 Å². The van der Waals surface area contributed by atoms with Crippen molar-refractivity contribution in [3.63, 3.8) is 0 Å². The van der Waals surface area contributed by atoms with Gasteiger partial charge in [-0.15, -0.1) is 0 Å². The third-order valence-corrected chi connectivity index (χ3v) is 3.49. The number of rotatable bonds is 3. The summed E-state index contributed by atoms with van der Waals surface area (Å²) in [4.78, 5) is 35.4. The lowest BCUT2D eigenvalue weighted by molar-refractivity contribution is -0.385. The SMILES string of the molecule is CCOC(=O)[C@@H]1Cc2ccc([N+](=O)[O-])cc2CN1C(C)=O. The molecule has 0 saturated heterocycles. The summed E-state index contributed by atoms with van der Waals surface area (Å²) in [5.74, 6) is -0.707. The minimum Gasteiger partial charge on any atom is -0.464 e. The molecule has 1 aromatic rings. The van der Waals surface area contributed by atoms with Crippen LogP contribution in [0.15, 0.2) is 18.2 Å². The Morgan fingerprint density at radius 2 is 2.14 bits per heavy atom. The molecule has 0 fully saturated rings. The smallest absolute Gasteiger partial charge is 0.329 e. The average Bonchev–Trinajstić information content (AvgIpc) is 2.45. The van der Waals surface area contributed by atoms with E-state index < -0.39 is 16.9 Å². The lowest BCUT2D eigenvalue weighted by Crippen LogP contribution is -2.48. The van der Waals surface area contributed by atoms with E-state index in [-0.39, 0.29) is 24.7 Å². The molecule has 0 aliphatic carbocycles. The molecule has 2 rings (SSSR count). The Morgan fingerprint density at radius 3 is 2.71 bits per heavy atom. The number of fused-ring (bicyclic) bond motifs is 1. The first-order chi connectivity index (χ1) is 9.93. The molecule has 7 heteroatoms. The van der Waals surface area contributed by atoms with Gasteiger partial charge in [-0.3, -0.25) is 14.9 Å². The van der Waals surface area contributed by atoms with Crippen LogP contribution in [0.1, 0.15) is 25.0 Å². The summed E-state index contributed by atoms with van der Waals surface area (Å²) in [6.07, 6.45) is 0.311. The summed E-state index contributed by atoms with van der Waals surface area (Å²) >= 11 is 0. The van der Waals surface area contributed by atoms with Crippen molar-refractivity contribution in [3.05, 3.63) is 39.4 Å². The molecule has 1 aliphatic rings. The van der Waals surface area contributed by atoms with Gasteiger partial charge in [-0.05, 0) is 18.1 Å². The molecule has 1 amide bonds. The van der Waals surface area contributed by atoms with Gasteiger partial charge in [-0.25, -0.2) is 4.79 Å². The Hall–Kier alpha value is -2.44. The van der Waals surface area contributed by atoms with E-state index in [4.69, 9.17) is 4.74 Å². The van der Waals surface area contributed by atoms with Crippen LogP contribution >= 0.6 is 0 Å². The molecule has 1 heterocycles. The summed E-state index contributed by atoms with van der Waals surface area (Å²) in [6, 6.07) is 3.82. The van der Waals surface area contributed by atoms with Gasteiger partial charge in [-0.2, -0.15) is 0 Å². The molecule has 0 aromatic heterocycles. The van der Waals surface area contributed by atoms with Gasteiger partial charge in [0.05, 0.1) is 11.5 Å². The Morgan fingerprint density at radius 1 is 1.43 bits per heavy atom. The second-order valence-corrected chi connectivity index (χ2v) is 4.83. The molecule has 1 aliphatic heterocycles. The maximum Gasteiger partial charge on any atom is 0.329 e. The number of nitro groups is 1. The number of ether oxygens (including phenoxy) is 1. The van der Waals surface area contributed by atoms with E-state index >= 15 is 0 Å². The lowest BCUT2D eigenvalue weighted by atomic mass is 9.93. The summed E-state index contributed by atoms with van der Waals surface area (Å²) < 4.78 is 5.00. The molecule has 112 valence electrons. The molecule has 0 spiro atoms. The fraction of sp³-hybridized carbons (Fsp3) is 0.429. The first-order valence-corrected chi connectivity index (χ1v) is 6.64. The quantitative estimate of drug-likeness (QED) is 0.477. The van der Waals surface area contributed by atoms with Crippen molar-refractivity contribution in [2.45, 2.75) is 32.9 Å². The van der Waals surface area contributed by atoms with Gasteiger partial charge >= 0.3 is 5.97 Å². The number of nitro benzene ring substituents is 1. The number of benzene rings is 1. The van der Waals surface area contributed by atoms with Gasteiger partial charge in [0.1, 0.15) is 6.04 Å². The number of carbonyl (C=O) groups excluding carboxylic acids is 2. The largest absolute Gasteiger partial charge is 0.464 e. The highest BCUT2D eigenvalue weighted by atomic mass is 16.6. The minimum absolute atomic E-state index is 0.0214. The van der Waals surface area contributed by atoms with Gasteiger partial charge in [0, 0.05) is 32.0 Å². The summed E-state index contributed by atoms with van der Waals surface area (Å²) in [6.45, 7) is 3.49. The molecular formula is C14H16N2O5. The third-order valence-electron chi connectivity index (χ3n) is 3.49. The van der Waals surface area contributed by atoms with E-state index in [0.717, 1.165) is 5.56 Å². The predicted molar refractivity (Wildman–Crippen MR) is 73.4 cm³/mol. The van der Waals surface area contributed by atoms with Gasteiger partial charge in [0.15, 0.2) is 0 Å². The zero-order chi connectivity index (χ0) is 15.6. The third kappa shape index (κ3) is 3.01. The van der Waals surface area contributed by atoms with Crippen LogP contribution in [0.4, 0.5) is 5.69 Å². The van der Waals surface area contributed by atoms with Gasteiger partial charge in [0.25, 0.3) is 5.69 Å². The van der Waals surface area contributed by atoms with E-state index in [9.17, 15) is 19.7 Å². The highest BCUT2D eigenvalue weighted by Gasteiger charge is 2.34. The van der Waals surface area contributed by atoms with Crippen LogP contribution in [0.3, 0.4) is 0 Å². The normalized spacial score (nSPS) is 17.0. The van der Waals surface area contributed by atoms with E-state index in [1.54, 1.807) is 13.0 Å². The zero-order valence-corrected chi connectivity index (χ0v) is 11.9. The maximum absolute atomic E-state index is 12.0. The Bertz CT molecular complexity index is 599. The van der Waals surface area contributed by atoms with Crippen LogP contribution in [0.5, 0.6) is 0 Å². The second kappa shape index (κ2) is 5.90. The van der Waals surface area contributed by atoms with Crippen molar-refractivity contribution in [2.75, 3.05) is 6.61 Å². The molecule has 0 radical (unpaired) electrons. The molecule has 1 aromatic carbocycles. The van der Waals surface area contributed by atoms with Crippen molar-refractivity contribution in [2.24, 2.45) is 0 Å². The standard InChI is InChI=1S/C14H16N2O5/c1-3-21-14(18)13-7-10-4-5-12(16(19)20)6-11(10)8-15(13)9(2)17/h4-6,13H,3,7-8H2,1-2H3/t13-/m0/s1. The Labute approximate surface area is 121 Å². The number of amides is 1.